The maximum atomic E-state index is 14.7. The van der Waals surface area contributed by atoms with Gasteiger partial charge in [0.05, 0.1) is 24.5 Å². The molecule has 4 rings (SSSR count). The molecule has 7 nitrogen and oxygen atoms in total. The third-order valence-electron chi connectivity index (χ3n) is 5.42. The third kappa shape index (κ3) is 5.73. The summed E-state index contributed by atoms with van der Waals surface area (Å²) < 4.78 is 20.0. The normalized spacial score (nSPS) is 18.5. The second kappa shape index (κ2) is 10.5. The number of anilines is 2. The Kier molecular flexibility index (Phi) is 7.29. The van der Waals surface area contributed by atoms with Gasteiger partial charge in [-0.15, -0.1) is 0 Å². The standard InChI is InChI=1S/C24H24FN3O4S/c25-20-14-18(6-7-21(20)27-10-12-33-13-11-27)28-16-19(32-24(28)31)15-26-23(30)9-8-22(29)17-4-2-1-3-5-17/h1-9,14,19H,10-13,15-16H2,(H,26,30)/t19-/m0/s1. The first-order valence-electron chi connectivity index (χ1n) is 10.7. The van der Waals surface area contributed by atoms with Gasteiger partial charge in [0, 0.05) is 36.2 Å². The Morgan fingerprint density at radius 1 is 1.12 bits per heavy atom. The van der Waals surface area contributed by atoms with E-state index in [0.717, 1.165) is 30.7 Å². The van der Waals surface area contributed by atoms with Crippen molar-refractivity contribution < 1.29 is 23.5 Å². The Morgan fingerprint density at radius 3 is 2.61 bits per heavy atom. The molecule has 2 aliphatic rings. The molecule has 0 radical (unpaired) electrons. The summed E-state index contributed by atoms with van der Waals surface area (Å²) in [6, 6.07) is 13.4. The van der Waals surface area contributed by atoms with E-state index in [1.54, 1.807) is 42.5 Å². The second-order valence-electron chi connectivity index (χ2n) is 7.66. The van der Waals surface area contributed by atoms with Gasteiger partial charge in [0.25, 0.3) is 0 Å². The number of hydrogen-bond acceptors (Lipinski definition) is 6. The number of halogens is 1. The largest absolute Gasteiger partial charge is 0.442 e. The number of carbonyl (C=O) groups is 3. The summed E-state index contributed by atoms with van der Waals surface area (Å²) in [7, 11) is 0. The summed E-state index contributed by atoms with van der Waals surface area (Å²) in [6.45, 7) is 1.85. The van der Waals surface area contributed by atoms with Crippen molar-refractivity contribution in [2.45, 2.75) is 6.10 Å². The number of nitrogens with zero attached hydrogens (tertiary/aromatic N) is 2. The van der Waals surface area contributed by atoms with Crippen LogP contribution in [0.25, 0.3) is 0 Å². The molecule has 2 aromatic rings. The van der Waals surface area contributed by atoms with E-state index in [4.69, 9.17) is 4.74 Å². The fraction of sp³-hybridized carbons (Fsp3) is 0.292. The summed E-state index contributed by atoms with van der Waals surface area (Å²) in [6.07, 6.45) is 1.17. The highest BCUT2D eigenvalue weighted by molar-refractivity contribution is 7.99. The van der Waals surface area contributed by atoms with Crippen molar-refractivity contribution in [1.82, 2.24) is 5.32 Å². The highest BCUT2D eigenvalue weighted by Gasteiger charge is 2.33. The smallest absolute Gasteiger partial charge is 0.414 e. The molecule has 33 heavy (non-hydrogen) atoms. The molecule has 0 spiro atoms. The van der Waals surface area contributed by atoms with E-state index in [2.05, 4.69) is 5.32 Å². The monoisotopic (exact) mass is 469 g/mol. The van der Waals surface area contributed by atoms with E-state index in [1.807, 2.05) is 16.7 Å². The van der Waals surface area contributed by atoms with Gasteiger partial charge in [-0.05, 0) is 24.3 Å². The lowest BCUT2D eigenvalue weighted by atomic mass is 10.1. The molecule has 172 valence electrons. The number of allylic oxidation sites excluding steroid dienone is 1. The number of thioether (sulfide) groups is 1. The van der Waals surface area contributed by atoms with Crippen LogP contribution in [0, 0.1) is 5.82 Å². The summed E-state index contributed by atoms with van der Waals surface area (Å²) in [5.74, 6) is 0.796. The topological polar surface area (TPSA) is 79.0 Å². The Morgan fingerprint density at radius 2 is 1.88 bits per heavy atom. The molecular formula is C24H24FN3O4S. The molecule has 0 saturated carbocycles. The fourth-order valence-corrected chi connectivity index (χ4v) is 4.59. The molecule has 9 heteroatoms. The minimum Gasteiger partial charge on any atom is -0.442 e. The molecule has 2 aliphatic heterocycles. The van der Waals surface area contributed by atoms with Crippen molar-refractivity contribution >= 4 is 40.9 Å². The lowest BCUT2D eigenvalue weighted by molar-refractivity contribution is -0.116. The van der Waals surface area contributed by atoms with Crippen LogP contribution in [0.2, 0.25) is 0 Å². The van der Waals surface area contributed by atoms with Gasteiger partial charge < -0.3 is 15.0 Å². The number of amides is 2. The van der Waals surface area contributed by atoms with Crippen molar-refractivity contribution in [3.8, 4) is 0 Å². The number of nitrogens with one attached hydrogen (secondary N) is 1. The van der Waals surface area contributed by atoms with Gasteiger partial charge in [-0.1, -0.05) is 30.3 Å². The average molecular weight is 470 g/mol. The van der Waals surface area contributed by atoms with Crippen LogP contribution in [0.4, 0.5) is 20.6 Å². The van der Waals surface area contributed by atoms with E-state index in [9.17, 15) is 18.8 Å². The van der Waals surface area contributed by atoms with Crippen LogP contribution >= 0.6 is 11.8 Å². The molecule has 2 amide bonds. The number of benzene rings is 2. The Balaban J connectivity index is 1.30. The number of hydrogen-bond donors (Lipinski definition) is 1. The Hall–Kier alpha value is -3.33. The summed E-state index contributed by atoms with van der Waals surface area (Å²) >= 11 is 1.85. The van der Waals surface area contributed by atoms with E-state index < -0.39 is 18.1 Å². The Labute approximate surface area is 195 Å². The molecule has 2 heterocycles. The van der Waals surface area contributed by atoms with Crippen LogP contribution in [0.15, 0.2) is 60.7 Å². The summed E-state index contributed by atoms with van der Waals surface area (Å²) in [4.78, 5) is 39.7. The predicted molar refractivity (Wildman–Crippen MR) is 126 cm³/mol. The van der Waals surface area contributed by atoms with Crippen LogP contribution in [-0.2, 0) is 9.53 Å². The Bertz CT molecular complexity index is 1060. The maximum absolute atomic E-state index is 14.7. The SMILES string of the molecule is O=C(C=CC(=O)c1ccccc1)NC[C@H]1CN(c2ccc(N3CCSCC3)c(F)c2)C(=O)O1. The minimum atomic E-state index is -0.592. The first-order valence-corrected chi connectivity index (χ1v) is 11.8. The number of cyclic esters (lactones) is 1. The van der Waals surface area contributed by atoms with Gasteiger partial charge in [0.15, 0.2) is 5.78 Å². The summed E-state index contributed by atoms with van der Waals surface area (Å²) in [5, 5.41) is 2.62. The molecule has 0 aliphatic carbocycles. The quantitative estimate of drug-likeness (QED) is 0.495. The highest BCUT2D eigenvalue weighted by atomic mass is 32.2. The molecule has 1 atom stereocenters. The van der Waals surface area contributed by atoms with Gasteiger partial charge in [-0.25, -0.2) is 9.18 Å². The van der Waals surface area contributed by atoms with Crippen molar-refractivity contribution in [3.05, 3.63) is 72.1 Å². The lowest BCUT2D eigenvalue weighted by Gasteiger charge is -2.29. The van der Waals surface area contributed by atoms with Gasteiger partial charge >= 0.3 is 6.09 Å². The van der Waals surface area contributed by atoms with Crippen molar-refractivity contribution in [1.29, 1.82) is 0 Å². The lowest BCUT2D eigenvalue weighted by Crippen LogP contribution is -2.34. The van der Waals surface area contributed by atoms with Crippen LogP contribution in [0.5, 0.6) is 0 Å². The molecule has 1 N–H and O–H groups in total. The number of carbonyl (C=O) groups excluding carboxylic acids is 3. The number of ketones is 1. The fourth-order valence-electron chi connectivity index (χ4n) is 3.69. The first kappa shape index (κ1) is 22.8. The van der Waals surface area contributed by atoms with Crippen molar-refractivity contribution in [2.75, 3.05) is 47.5 Å². The van der Waals surface area contributed by atoms with Gasteiger partial charge in [0.1, 0.15) is 11.9 Å². The number of ether oxygens (including phenoxy) is 1. The number of rotatable bonds is 7. The maximum Gasteiger partial charge on any atom is 0.414 e. The molecule has 0 aromatic heterocycles. The molecule has 2 fully saturated rings. The zero-order valence-corrected chi connectivity index (χ0v) is 18.7. The molecule has 0 unspecified atom stereocenters. The van der Waals surface area contributed by atoms with Crippen LogP contribution in [0.3, 0.4) is 0 Å². The third-order valence-corrected chi connectivity index (χ3v) is 6.36. The van der Waals surface area contributed by atoms with E-state index in [0.29, 0.717) is 16.9 Å². The first-order chi connectivity index (χ1) is 16.0. The second-order valence-corrected chi connectivity index (χ2v) is 8.89. The van der Waals surface area contributed by atoms with Gasteiger partial charge in [0.2, 0.25) is 5.91 Å². The molecule has 2 aromatic carbocycles. The molecule has 0 bridgehead atoms. The molecule has 2 saturated heterocycles. The van der Waals surface area contributed by atoms with Crippen molar-refractivity contribution in [2.24, 2.45) is 0 Å². The van der Waals surface area contributed by atoms with Crippen molar-refractivity contribution in [3.63, 3.8) is 0 Å². The van der Waals surface area contributed by atoms with Gasteiger partial charge in [-0.3, -0.25) is 14.5 Å². The predicted octanol–water partition coefficient (Wildman–Crippen LogP) is 3.26. The zero-order chi connectivity index (χ0) is 23.2. The van der Waals surface area contributed by atoms with Crippen LogP contribution in [-0.4, -0.2) is 61.6 Å². The van der Waals surface area contributed by atoms with Crippen LogP contribution in [0.1, 0.15) is 10.4 Å². The van der Waals surface area contributed by atoms with E-state index in [-0.39, 0.29) is 24.7 Å². The van der Waals surface area contributed by atoms with Gasteiger partial charge in [-0.2, -0.15) is 11.8 Å². The molecular weight excluding hydrogens is 445 g/mol. The minimum absolute atomic E-state index is 0.0803. The van der Waals surface area contributed by atoms with E-state index in [1.165, 1.54) is 17.0 Å². The van der Waals surface area contributed by atoms with Crippen LogP contribution < -0.4 is 15.1 Å². The van der Waals surface area contributed by atoms with E-state index >= 15 is 0 Å². The summed E-state index contributed by atoms with van der Waals surface area (Å²) in [5.41, 5.74) is 1.43. The zero-order valence-electron chi connectivity index (χ0n) is 17.9. The average Bonchev–Trinajstić information content (AvgIpc) is 3.22. The highest BCUT2D eigenvalue weighted by Crippen LogP contribution is 2.29.